The van der Waals surface area contributed by atoms with E-state index in [1.807, 2.05) is 0 Å². The van der Waals surface area contributed by atoms with Gasteiger partial charge in [-0.25, -0.2) is 4.98 Å². The second-order valence-corrected chi connectivity index (χ2v) is 6.02. The molecule has 0 amide bonds. The first kappa shape index (κ1) is 14.8. The number of alkyl halides is 3. The van der Waals surface area contributed by atoms with E-state index in [1.165, 1.54) is 18.4 Å². The molecule has 0 bridgehead atoms. The van der Waals surface area contributed by atoms with Gasteiger partial charge in [0.15, 0.2) is 0 Å². The van der Waals surface area contributed by atoms with Crippen LogP contribution in [-0.4, -0.2) is 25.8 Å². The van der Waals surface area contributed by atoms with Crippen LogP contribution < -0.4 is 5.73 Å². The molecule has 20 heavy (non-hydrogen) atoms. The van der Waals surface area contributed by atoms with Crippen LogP contribution >= 0.6 is 0 Å². The molecule has 0 aliphatic carbocycles. The van der Waals surface area contributed by atoms with Crippen molar-refractivity contribution in [2.75, 3.05) is 17.7 Å². The van der Waals surface area contributed by atoms with Gasteiger partial charge in [0.2, 0.25) is 5.82 Å². The lowest BCUT2D eigenvalue weighted by molar-refractivity contribution is -0.146. The van der Waals surface area contributed by atoms with Gasteiger partial charge in [-0.05, 0) is 24.6 Å². The predicted octanol–water partition coefficient (Wildman–Crippen LogP) is 2.41. The number of imidazole rings is 1. The second kappa shape index (κ2) is 5.43. The number of anilines is 1. The van der Waals surface area contributed by atoms with Crippen LogP contribution in [-0.2, 0) is 23.5 Å². The minimum Gasteiger partial charge on any atom is -0.399 e. The number of rotatable bonds is 4. The molecule has 0 spiro atoms. The highest BCUT2D eigenvalue weighted by molar-refractivity contribution is 7.84. The molecule has 2 aromatic rings. The quantitative estimate of drug-likeness (QED) is 0.882. The van der Waals surface area contributed by atoms with E-state index >= 15 is 0 Å². The van der Waals surface area contributed by atoms with E-state index in [9.17, 15) is 17.4 Å². The van der Waals surface area contributed by atoms with Crippen molar-refractivity contribution in [1.82, 2.24) is 9.55 Å². The van der Waals surface area contributed by atoms with Gasteiger partial charge in [0.1, 0.15) is 0 Å². The number of nitrogen functional groups attached to an aromatic ring is 1. The molecule has 0 aliphatic rings. The Labute approximate surface area is 116 Å². The first-order valence-corrected chi connectivity index (χ1v) is 7.65. The number of benzene rings is 1. The van der Waals surface area contributed by atoms with Gasteiger partial charge in [-0.2, -0.15) is 13.2 Å². The molecule has 2 N–H and O–H groups in total. The highest BCUT2D eigenvalue weighted by Crippen LogP contribution is 2.32. The van der Waals surface area contributed by atoms with E-state index in [0.717, 1.165) is 4.57 Å². The summed E-state index contributed by atoms with van der Waals surface area (Å²) in [5, 5.41) is 0. The summed E-state index contributed by atoms with van der Waals surface area (Å²) in [5.74, 6) is -0.591. The number of aromatic nitrogens is 2. The number of nitrogens with zero attached hydrogens (tertiary/aromatic N) is 2. The van der Waals surface area contributed by atoms with Gasteiger partial charge < -0.3 is 10.3 Å². The van der Waals surface area contributed by atoms with Gasteiger partial charge in [-0.1, -0.05) is 0 Å². The van der Waals surface area contributed by atoms with Crippen molar-refractivity contribution in [3.8, 4) is 0 Å². The Balaban J connectivity index is 2.45. The number of nitrogens with two attached hydrogens (primary N) is 1. The normalized spacial score (nSPS) is 13.8. The minimum atomic E-state index is -4.53. The molecule has 1 aromatic heterocycles. The maximum absolute atomic E-state index is 13.0. The monoisotopic (exact) mass is 305 g/mol. The molecular weight excluding hydrogens is 291 g/mol. The van der Waals surface area contributed by atoms with Crippen LogP contribution in [0.2, 0.25) is 0 Å². The Bertz CT molecular complexity index is 651. The van der Waals surface area contributed by atoms with Crippen LogP contribution in [0.25, 0.3) is 11.0 Å². The smallest absolute Gasteiger partial charge is 0.399 e. The van der Waals surface area contributed by atoms with Crippen LogP contribution in [0.3, 0.4) is 0 Å². The number of halogens is 3. The standard InChI is InChI=1S/C12H14F3N3OS/c1-20(19)6-2-5-18-10-4-3-8(16)7-9(10)17-11(18)12(13,14)15/h3-4,7H,2,5-6,16H2,1H3. The molecule has 1 aromatic carbocycles. The maximum atomic E-state index is 13.0. The predicted molar refractivity (Wildman–Crippen MR) is 72.7 cm³/mol. The van der Waals surface area contributed by atoms with E-state index < -0.39 is 22.8 Å². The van der Waals surface area contributed by atoms with Crippen molar-refractivity contribution in [3.63, 3.8) is 0 Å². The van der Waals surface area contributed by atoms with E-state index in [4.69, 9.17) is 5.73 Å². The van der Waals surface area contributed by atoms with Gasteiger partial charge in [-0.15, -0.1) is 0 Å². The zero-order valence-corrected chi connectivity index (χ0v) is 11.6. The summed E-state index contributed by atoms with van der Waals surface area (Å²) >= 11 is 0. The van der Waals surface area contributed by atoms with Crippen molar-refractivity contribution < 1.29 is 17.4 Å². The minimum absolute atomic E-state index is 0.120. The van der Waals surface area contributed by atoms with E-state index in [1.54, 1.807) is 6.07 Å². The van der Waals surface area contributed by atoms with Crippen LogP contribution in [0.1, 0.15) is 12.2 Å². The SMILES string of the molecule is CS(=O)CCCn1c(C(F)(F)F)nc2cc(N)ccc21. The van der Waals surface area contributed by atoms with Gasteiger partial charge >= 0.3 is 6.18 Å². The van der Waals surface area contributed by atoms with Crippen molar-refractivity contribution in [2.45, 2.75) is 19.1 Å². The van der Waals surface area contributed by atoms with Gasteiger partial charge in [0.05, 0.1) is 11.0 Å². The number of fused-ring (bicyclic) bond motifs is 1. The summed E-state index contributed by atoms with van der Waals surface area (Å²) in [6.45, 7) is 0.120. The third kappa shape index (κ3) is 3.12. The van der Waals surface area contributed by atoms with E-state index in [0.29, 0.717) is 23.4 Å². The topological polar surface area (TPSA) is 60.9 Å². The largest absolute Gasteiger partial charge is 0.449 e. The van der Waals surface area contributed by atoms with E-state index in [2.05, 4.69) is 4.98 Å². The molecule has 110 valence electrons. The summed E-state index contributed by atoms with van der Waals surface area (Å²) in [4.78, 5) is 3.62. The fourth-order valence-corrected chi connectivity index (χ4v) is 2.55. The lowest BCUT2D eigenvalue weighted by Crippen LogP contribution is -2.16. The lowest BCUT2D eigenvalue weighted by atomic mass is 10.3. The molecule has 1 heterocycles. The molecule has 0 fully saturated rings. The molecule has 4 nitrogen and oxygen atoms in total. The highest BCUT2D eigenvalue weighted by Gasteiger charge is 2.37. The molecule has 8 heteroatoms. The molecule has 0 aliphatic heterocycles. The average molecular weight is 305 g/mol. The summed E-state index contributed by atoms with van der Waals surface area (Å²) < 4.78 is 51.1. The maximum Gasteiger partial charge on any atom is 0.449 e. The lowest BCUT2D eigenvalue weighted by Gasteiger charge is -2.10. The molecule has 2 rings (SSSR count). The number of aryl methyl sites for hydroxylation is 1. The van der Waals surface area contributed by atoms with Gasteiger partial charge in [-0.3, -0.25) is 4.21 Å². The average Bonchev–Trinajstić information content (AvgIpc) is 2.66. The summed E-state index contributed by atoms with van der Waals surface area (Å²) in [6, 6.07) is 4.48. The third-order valence-corrected chi connectivity index (χ3v) is 3.70. The summed E-state index contributed by atoms with van der Waals surface area (Å²) in [7, 11) is -1.03. The summed E-state index contributed by atoms with van der Waals surface area (Å²) in [5.41, 5.74) is 6.53. The number of hydrogen-bond acceptors (Lipinski definition) is 3. The van der Waals surface area contributed by atoms with Crippen LogP contribution in [0.4, 0.5) is 18.9 Å². The Morgan fingerprint density at radius 3 is 2.70 bits per heavy atom. The Hall–Kier alpha value is -1.57. The summed E-state index contributed by atoms with van der Waals surface area (Å²) in [6.07, 6.45) is -2.61. The van der Waals surface area contributed by atoms with Crippen molar-refractivity contribution in [1.29, 1.82) is 0 Å². The molecule has 0 saturated heterocycles. The van der Waals surface area contributed by atoms with Gasteiger partial charge in [0, 0.05) is 35.0 Å². The third-order valence-electron chi connectivity index (χ3n) is 2.84. The fourth-order valence-electron chi connectivity index (χ4n) is 2.02. The first-order valence-electron chi connectivity index (χ1n) is 5.92. The zero-order valence-electron chi connectivity index (χ0n) is 10.8. The Morgan fingerprint density at radius 2 is 2.10 bits per heavy atom. The fraction of sp³-hybridized carbons (Fsp3) is 0.417. The van der Waals surface area contributed by atoms with Crippen LogP contribution in [0.5, 0.6) is 0 Å². The van der Waals surface area contributed by atoms with Crippen molar-refractivity contribution in [2.24, 2.45) is 0 Å². The molecule has 0 saturated carbocycles. The number of hydrogen-bond donors (Lipinski definition) is 1. The van der Waals surface area contributed by atoms with Crippen molar-refractivity contribution in [3.05, 3.63) is 24.0 Å². The van der Waals surface area contributed by atoms with E-state index in [-0.39, 0.29) is 12.1 Å². The highest BCUT2D eigenvalue weighted by atomic mass is 32.2. The van der Waals surface area contributed by atoms with Gasteiger partial charge in [0.25, 0.3) is 0 Å². The molecule has 1 atom stereocenters. The first-order chi connectivity index (χ1) is 9.29. The second-order valence-electron chi connectivity index (χ2n) is 4.46. The molecular formula is C12H14F3N3OS. The van der Waals surface area contributed by atoms with Crippen LogP contribution in [0, 0.1) is 0 Å². The zero-order chi connectivity index (χ0) is 14.9. The Morgan fingerprint density at radius 1 is 1.40 bits per heavy atom. The Kier molecular flexibility index (Phi) is 4.03. The van der Waals surface area contributed by atoms with Crippen molar-refractivity contribution >= 4 is 27.5 Å². The molecule has 0 radical (unpaired) electrons. The van der Waals surface area contributed by atoms with Crippen LogP contribution in [0.15, 0.2) is 18.2 Å². The molecule has 1 unspecified atom stereocenters.